The largest absolute Gasteiger partial charge is 0.325 e. The molecule has 0 bridgehead atoms. The fraction of sp³-hybridized carbons (Fsp3) is 0.0714. The van der Waals surface area contributed by atoms with Gasteiger partial charge in [0.25, 0.3) is 0 Å². The lowest BCUT2D eigenvalue weighted by atomic mass is 10.1. The van der Waals surface area contributed by atoms with Crippen LogP contribution in [0.3, 0.4) is 0 Å². The predicted octanol–water partition coefficient (Wildman–Crippen LogP) is 0.316. The number of anilines is 1. The van der Waals surface area contributed by atoms with Crippen molar-refractivity contribution in [2.75, 3.05) is 5.32 Å². The highest BCUT2D eigenvalue weighted by Crippen LogP contribution is 2.12. The zero-order valence-electron chi connectivity index (χ0n) is 10.3. The van der Waals surface area contributed by atoms with Gasteiger partial charge in [-0.05, 0) is 16.8 Å². The molecule has 0 aliphatic rings. The Hall–Kier alpha value is -1.91. The van der Waals surface area contributed by atoms with Crippen LogP contribution in [0.1, 0.15) is 11.6 Å². The molecule has 0 aromatic heterocycles. The zero-order chi connectivity index (χ0) is 13.0. The van der Waals surface area contributed by atoms with Crippen LogP contribution in [0, 0.1) is 0 Å². The summed E-state index contributed by atoms with van der Waals surface area (Å²) in [6.45, 7) is 0. The molecule has 2 aromatic carbocycles. The first kappa shape index (κ1) is 12.5. The molecule has 4 heteroatoms. The third-order valence-electron chi connectivity index (χ3n) is 2.84. The number of nitrogens with one attached hydrogen (secondary N) is 1. The van der Waals surface area contributed by atoms with E-state index in [-0.39, 0.29) is 5.91 Å². The number of hydrogen-bond acceptors (Lipinski definition) is 2. The topological polar surface area (TPSA) is 55.1 Å². The Morgan fingerprint density at radius 3 is 2.33 bits per heavy atom. The van der Waals surface area contributed by atoms with E-state index in [1.165, 1.54) is 0 Å². The van der Waals surface area contributed by atoms with Crippen molar-refractivity contribution in [2.45, 2.75) is 6.04 Å². The summed E-state index contributed by atoms with van der Waals surface area (Å²) < 4.78 is 0. The molecule has 0 saturated carbocycles. The molecular formula is C14H16N2OSi. The molecule has 3 nitrogen and oxygen atoms in total. The van der Waals surface area contributed by atoms with Gasteiger partial charge in [0.15, 0.2) is 0 Å². The Bertz CT molecular complexity index is 543. The minimum Gasteiger partial charge on any atom is -0.325 e. The van der Waals surface area contributed by atoms with Crippen LogP contribution in [0.15, 0.2) is 54.6 Å². The molecular weight excluding hydrogens is 240 g/mol. The zero-order valence-corrected chi connectivity index (χ0v) is 12.3. The van der Waals surface area contributed by atoms with Crippen LogP contribution in [0.5, 0.6) is 0 Å². The third-order valence-corrected chi connectivity index (χ3v) is 3.72. The highest BCUT2D eigenvalue weighted by molar-refractivity contribution is 6.36. The number of carbonyl (C=O) groups is 1. The lowest BCUT2D eigenvalue weighted by Crippen LogP contribution is -2.29. The second kappa shape index (κ2) is 5.62. The summed E-state index contributed by atoms with van der Waals surface area (Å²) in [6.07, 6.45) is 0. The summed E-state index contributed by atoms with van der Waals surface area (Å²) in [5.41, 5.74) is 7.62. The maximum atomic E-state index is 12.0. The van der Waals surface area contributed by atoms with Gasteiger partial charge in [0.2, 0.25) is 5.91 Å². The summed E-state index contributed by atoms with van der Waals surface area (Å²) >= 11 is 0. The van der Waals surface area contributed by atoms with E-state index in [0.717, 1.165) is 26.7 Å². The molecule has 1 unspecified atom stereocenters. The molecule has 0 radical (unpaired) electrons. The van der Waals surface area contributed by atoms with Gasteiger partial charge in [-0.3, -0.25) is 4.79 Å². The molecule has 2 rings (SSSR count). The average Bonchev–Trinajstić information content (AvgIpc) is 2.41. The van der Waals surface area contributed by atoms with Crippen LogP contribution in [0.25, 0.3) is 0 Å². The summed E-state index contributed by atoms with van der Waals surface area (Å²) in [7, 11) is 0.891. The van der Waals surface area contributed by atoms with Crippen molar-refractivity contribution in [3.63, 3.8) is 0 Å². The summed E-state index contributed by atoms with van der Waals surface area (Å²) in [5, 5.41) is 4.04. The quantitative estimate of drug-likeness (QED) is 0.777. The molecule has 3 N–H and O–H groups in total. The lowest BCUT2D eigenvalue weighted by molar-refractivity contribution is -0.117. The molecule has 1 amide bonds. The van der Waals surface area contributed by atoms with E-state index in [1.54, 1.807) is 0 Å². The number of amides is 1. The van der Waals surface area contributed by atoms with Crippen LogP contribution in [0.2, 0.25) is 0 Å². The van der Waals surface area contributed by atoms with E-state index >= 15 is 0 Å². The van der Waals surface area contributed by atoms with E-state index in [2.05, 4.69) is 5.32 Å². The van der Waals surface area contributed by atoms with Crippen LogP contribution >= 0.6 is 0 Å². The van der Waals surface area contributed by atoms with Crippen molar-refractivity contribution in [3.8, 4) is 0 Å². The number of nitrogens with two attached hydrogens (primary N) is 1. The van der Waals surface area contributed by atoms with Crippen molar-refractivity contribution in [3.05, 3.63) is 60.2 Å². The Kier molecular flexibility index (Phi) is 3.91. The molecule has 0 fully saturated rings. The van der Waals surface area contributed by atoms with Crippen molar-refractivity contribution >= 4 is 27.0 Å². The van der Waals surface area contributed by atoms with Gasteiger partial charge >= 0.3 is 0 Å². The van der Waals surface area contributed by atoms with Gasteiger partial charge in [0, 0.05) is 15.9 Å². The fourth-order valence-corrected chi connectivity index (χ4v) is 2.22. The summed E-state index contributed by atoms with van der Waals surface area (Å²) in [5.74, 6) is -0.176. The Balaban J connectivity index is 2.12. The lowest BCUT2D eigenvalue weighted by Gasteiger charge is -2.13. The van der Waals surface area contributed by atoms with Gasteiger partial charge in [-0.25, -0.2) is 0 Å². The molecule has 0 spiro atoms. The third kappa shape index (κ3) is 2.85. The summed E-state index contributed by atoms with van der Waals surface area (Å²) in [4.78, 5) is 12.0. The molecule has 0 heterocycles. The number of hydrogen-bond donors (Lipinski definition) is 2. The van der Waals surface area contributed by atoms with Crippen molar-refractivity contribution in [1.82, 2.24) is 0 Å². The Morgan fingerprint density at radius 2 is 1.67 bits per heavy atom. The number of para-hydroxylation sites is 1. The van der Waals surface area contributed by atoms with E-state index in [1.807, 2.05) is 54.6 Å². The van der Waals surface area contributed by atoms with Gasteiger partial charge in [-0.1, -0.05) is 48.5 Å². The molecule has 92 valence electrons. The standard InChI is InChI=1S/C14H16N2OSi/c15-13(10-6-2-1-3-7-10)14(17)16-11-8-4-5-9-12(11)18/h1-9,13H,15H2,18H3,(H,16,17). The maximum absolute atomic E-state index is 12.0. The Labute approximate surface area is 109 Å². The van der Waals surface area contributed by atoms with E-state index < -0.39 is 6.04 Å². The molecule has 1 atom stereocenters. The van der Waals surface area contributed by atoms with E-state index in [0.29, 0.717) is 0 Å². The summed E-state index contributed by atoms with van der Waals surface area (Å²) in [6, 6.07) is 16.5. The maximum Gasteiger partial charge on any atom is 0.245 e. The molecule has 0 aliphatic carbocycles. The highest BCUT2D eigenvalue weighted by Gasteiger charge is 2.15. The van der Waals surface area contributed by atoms with Gasteiger partial charge < -0.3 is 11.1 Å². The van der Waals surface area contributed by atoms with Crippen LogP contribution < -0.4 is 16.2 Å². The number of benzene rings is 2. The smallest absolute Gasteiger partial charge is 0.245 e. The Morgan fingerprint density at radius 1 is 1.06 bits per heavy atom. The first-order valence-corrected chi connectivity index (χ1v) is 6.85. The minimum atomic E-state index is -0.632. The molecule has 2 aromatic rings. The SMILES string of the molecule is NC(C(=O)Nc1ccccc1[SiH3])c1ccccc1. The molecule has 0 saturated heterocycles. The molecule has 0 aliphatic heterocycles. The van der Waals surface area contributed by atoms with Crippen molar-refractivity contribution in [2.24, 2.45) is 5.73 Å². The first-order chi connectivity index (χ1) is 8.68. The second-order valence-electron chi connectivity index (χ2n) is 4.19. The van der Waals surface area contributed by atoms with E-state index in [9.17, 15) is 4.79 Å². The number of rotatable bonds is 3. The second-order valence-corrected chi connectivity index (χ2v) is 5.27. The normalized spacial score (nSPS) is 12.1. The fourth-order valence-electron chi connectivity index (χ4n) is 1.74. The average molecular weight is 256 g/mol. The van der Waals surface area contributed by atoms with Crippen LogP contribution in [-0.4, -0.2) is 16.1 Å². The monoisotopic (exact) mass is 256 g/mol. The van der Waals surface area contributed by atoms with Crippen LogP contribution in [-0.2, 0) is 4.79 Å². The van der Waals surface area contributed by atoms with Gasteiger partial charge in [-0.2, -0.15) is 0 Å². The number of carbonyl (C=O) groups excluding carboxylic acids is 1. The predicted molar refractivity (Wildman–Crippen MR) is 78.0 cm³/mol. The highest BCUT2D eigenvalue weighted by atomic mass is 28.1. The van der Waals surface area contributed by atoms with Gasteiger partial charge in [0.05, 0.1) is 0 Å². The first-order valence-electron chi connectivity index (χ1n) is 5.85. The minimum absolute atomic E-state index is 0.176. The van der Waals surface area contributed by atoms with Crippen molar-refractivity contribution < 1.29 is 4.79 Å². The van der Waals surface area contributed by atoms with Crippen LogP contribution in [0.4, 0.5) is 5.69 Å². The molecule has 18 heavy (non-hydrogen) atoms. The van der Waals surface area contributed by atoms with Gasteiger partial charge in [-0.15, -0.1) is 0 Å². The van der Waals surface area contributed by atoms with E-state index in [4.69, 9.17) is 5.73 Å². The van der Waals surface area contributed by atoms with Crippen molar-refractivity contribution in [1.29, 1.82) is 0 Å². The van der Waals surface area contributed by atoms with Gasteiger partial charge in [0.1, 0.15) is 6.04 Å².